The van der Waals surface area contributed by atoms with E-state index in [0.29, 0.717) is 37.5 Å². The topological polar surface area (TPSA) is 74.8 Å². The van der Waals surface area contributed by atoms with E-state index in [4.69, 9.17) is 0 Å². The van der Waals surface area contributed by atoms with Gasteiger partial charge in [0.1, 0.15) is 5.75 Å². The molecule has 1 fully saturated rings. The summed E-state index contributed by atoms with van der Waals surface area (Å²) in [5.74, 6) is 0.244. The molecule has 0 radical (unpaired) electrons. The number of rotatable bonds is 6. The van der Waals surface area contributed by atoms with E-state index >= 15 is 0 Å². The number of anilines is 1. The van der Waals surface area contributed by atoms with Crippen LogP contribution in [0.1, 0.15) is 42.7 Å². The van der Waals surface area contributed by atoms with Crippen LogP contribution in [0.15, 0.2) is 53.5 Å². The number of carbonyl (C=O) groups is 1. The van der Waals surface area contributed by atoms with E-state index in [9.17, 15) is 18.0 Å². The number of guanidine groups is 1. The maximum atomic E-state index is 12.7. The van der Waals surface area contributed by atoms with Crippen molar-refractivity contribution < 1.29 is 22.7 Å². The third-order valence-corrected chi connectivity index (χ3v) is 5.58. The molecule has 4 rings (SSSR count). The van der Waals surface area contributed by atoms with Gasteiger partial charge in [-0.15, -0.1) is 13.2 Å². The summed E-state index contributed by atoms with van der Waals surface area (Å²) < 4.78 is 42.4. The van der Waals surface area contributed by atoms with Gasteiger partial charge >= 0.3 is 6.36 Å². The summed E-state index contributed by atoms with van der Waals surface area (Å²) in [5, 5.41) is 9.37. The third kappa shape index (κ3) is 5.33. The first kappa shape index (κ1) is 22.0. The molecule has 0 saturated heterocycles. The van der Waals surface area contributed by atoms with Crippen LogP contribution in [0.25, 0.3) is 0 Å². The smallest absolute Gasteiger partial charge is 0.405 e. The number of para-hydroxylation sites is 2. The Labute approximate surface area is 184 Å². The molecular weight excluding hydrogens is 421 g/mol. The van der Waals surface area contributed by atoms with Crippen molar-refractivity contribution in [1.82, 2.24) is 10.6 Å². The van der Waals surface area contributed by atoms with Gasteiger partial charge in [0.25, 0.3) is 0 Å². The lowest BCUT2D eigenvalue weighted by Gasteiger charge is -2.24. The maximum absolute atomic E-state index is 12.7. The zero-order chi connectivity index (χ0) is 22.7. The standard InChI is InChI=1S/C23H25F3N4O2/c1-2-27-22(28-13-14-11-21(31)29-18-9-5-3-7-15(14)18)30-19-12-17(19)16-8-4-6-10-20(16)32-23(24,25)26/h3-10,14,17,19H,2,11-13H2,1H3,(H,29,31)(H2,27,28,30). The van der Waals surface area contributed by atoms with Gasteiger partial charge in [-0.2, -0.15) is 0 Å². The summed E-state index contributed by atoms with van der Waals surface area (Å²) in [4.78, 5) is 16.7. The third-order valence-electron chi connectivity index (χ3n) is 5.58. The van der Waals surface area contributed by atoms with Crippen molar-refractivity contribution in [2.75, 3.05) is 18.4 Å². The maximum Gasteiger partial charge on any atom is 0.573 e. The van der Waals surface area contributed by atoms with Gasteiger partial charge in [0.05, 0.1) is 6.54 Å². The molecule has 1 heterocycles. The van der Waals surface area contributed by atoms with E-state index in [2.05, 4.69) is 25.7 Å². The number of hydrogen-bond donors (Lipinski definition) is 3. The average Bonchev–Trinajstić information content (AvgIpc) is 3.50. The summed E-state index contributed by atoms with van der Waals surface area (Å²) in [5.41, 5.74) is 2.38. The molecule has 1 amide bonds. The minimum absolute atomic E-state index is 0.0358. The van der Waals surface area contributed by atoms with Crippen molar-refractivity contribution in [2.24, 2.45) is 4.99 Å². The molecule has 1 saturated carbocycles. The van der Waals surface area contributed by atoms with Gasteiger partial charge in [0.2, 0.25) is 5.91 Å². The Balaban J connectivity index is 1.44. The minimum Gasteiger partial charge on any atom is -0.405 e. The number of nitrogens with one attached hydrogen (secondary N) is 3. The van der Waals surface area contributed by atoms with E-state index in [-0.39, 0.29) is 29.5 Å². The predicted octanol–water partition coefficient (Wildman–Crippen LogP) is 4.12. The highest BCUT2D eigenvalue weighted by Crippen LogP contribution is 2.45. The molecular formula is C23H25F3N4O2. The lowest BCUT2D eigenvalue weighted by molar-refractivity contribution is -0.274. The van der Waals surface area contributed by atoms with Gasteiger partial charge in [-0.25, -0.2) is 0 Å². The van der Waals surface area contributed by atoms with Gasteiger partial charge in [0.15, 0.2) is 5.96 Å². The number of amides is 1. The number of hydrogen-bond acceptors (Lipinski definition) is 3. The van der Waals surface area contributed by atoms with Crippen molar-refractivity contribution >= 4 is 17.6 Å². The fourth-order valence-electron chi connectivity index (χ4n) is 4.06. The zero-order valence-electron chi connectivity index (χ0n) is 17.6. The van der Waals surface area contributed by atoms with Crippen LogP contribution >= 0.6 is 0 Å². The fourth-order valence-corrected chi connectivity index (χ4v) is 4.06. The highest BCUT2D eigenvalue weighted by molar-refractivity contribution is 5.94. The van der Waals surface area contributed by atoms with Crippen LogP contribution in [0.2, 0.25) is 0 Å². The summed E-state index contributed by atoms with van der Waals surface area (Å²) >= 11 is 0. The molecule has 2 aromatic carbocycles. The first-order valence-corrected chi connectivity index (χ1v) is 10.6. The Morgan fingerprint density at radius 2 is 1.88 bits per heavy atom. The van der Waals surface area contributed by atoms with Crippen molar-refractivity contribution in [2.45, 2.75) is 44.0 Å². The van der Waals surface area contributed by atoms with Gasteiger partial charge < -0.3 is 20.7 Å². The molecule has 32 heavy (non-hydrogen) atoms. The van der Waals surface area contributed by atoms with Crippen LogP contribution in [0.3, 0.4) is 0 Å². The van der Waals surface area contributed by atoms with E-state index in [1.54, 1.807) is 12.1 Å². The predicted molar refractivity (Wildman–Crippen MR) is 116 cm³/mol. The second kappa shape index (κ2) is 9.10. The summed E-state index contributed by atoms with van der Waals surface area (Å²) in [6.45, 7) is 3.00. The first-order chi connectivity index (χ1) is 15.3. The molecule has 1 aliphatic carbocycles. The van der Waals surface area contributed by atoms with Crippen molar-refractivity contribution in [1.29, 1.82) is 0 Å². The second-order valence-corrected chi connectivity index (χ2v) is 7.93. The largest absolute Gasteiger partial charge is 0.573 e. The van der Waals surface area contributed by atoms with Crippen LogP contribution < -0.4 is 20.7 Å². The molecule has 2 aromatic rings. The first-order valence-electron chi connectivity index (χ1n) is 10.6. The Hall–Kier alpha value is -3.23. The molecule has 0 spiro atoms. The van der Waals surface area contributed by atoms with Crippen LogP contribution in [0, 0.1) is 0 Å². The highest BCUT2D eigenvalue weighted by Gasteiger charge is 2.42. The Morgan fingerprint density at radius 3 is 2.62 bits per heavy atom. The van der Waals surface area contributed by atoms with Crippen molar-refractivity contribution in [3.63, 3.8) is 0 Å². The van der Waals surface area contributed by atoms with Crippen molar-refractivity contribution in [3.05, 3.63) is 59.7 Å². The summed E-state index contributed by atoms with van der Waals surface area (Å²) in [6, 6.07) is 13.9. The van der Waals surface area contributed by atoms with E-state index in [1.807, 2.05) is 31.2 Å². The fraction of sp³-hybridized carbons (Fsp3) is 0.391. The lowest BCUT2D eigenvalue weighted by atomic mass is 9.91. The minimum atomic E-state index is -4.73. The Bertz CT molecular complexity index is 1010. The van der Waals surface area contributed by atoms with E-state index in [1.165, 1.54) is 12.1 Å². The highest BCUT2D eigenvalue weighted by atomic mass is 19.4. The van der Waals surface area contributed by atoms with E-state index in [0.717, 1.165) is 11.3 Å². The molecule has 0 bridgehead atoms. The molecule has 9 heteroatoms. The molecule has 170 valence electrons. The molecule has 3 unspecified atom stereocenters. The number of aliphatic imine (C=N–C) groups is 1. The van der Waals surface area contributed by atoms with Crippen LogP contribution in [0.4, 0.5) is 18.9 Å². The van der Waals surface area contributed by atoms with Crippen molar-refractivity contribution in [3.8, 4) is 5.75 Å². The quantitative estimate of drug-likeness (QED) is 0.461. The molecule has 3 atom stereocenters. The number of ether oxygens (including phenoxy) is 1. The summed E-state index contributed by atoms with van der Waals surface area (Å²) in [6.07, 6.45) is -3.70. The number of benzene rings is 2. The van der Waals surface area contributed by atoms with Gasteiger partial charge in [-0.3, -0.25) is 9.79 Å². The monoisotopic (exact) mass is 446 g/mol. The van der Waals surface area contributed by atoms with Gasteiger partial charge in [-0.05, 0) is 36.6 Å². The Kier molecular flexibility index (Phi) is 6.25. The van der Waals surface area contributed by atoms with Crippen LogP contribution in [-0.4, -0.2) is 37.4 Å². The number of fused-ring (bicyclic) bond motifs is 1. The normalized spacial score (nSPS) is 22.6. The SMILES string of the molecule is CCNC(=NCC1CC(=O)Nc2ccccc21)NC1CC1c1ccccc1OC(F)(F)F. The molecule has 6 nitrogen and oxygen atoms in total. The van der Waals surface area contributed by atoms with Gasteiger partial charge in [-0.1, -0.05) is 36.4 Å². The van der Waals surface area contributed by atoms with Gasteiger partial charge in [0, 0.05) is 36.5 Å². The number of alkyl halides is 3. The Morgan fingerprint density at radius 1 is 1.16 bits per heavy atom. The lowest BCUT2D eigenvalue weighted by Crippen LogP contribution is -2.39. The molecule has 0 aromatic heterocycles. The number of carbonyl (C=O) groups excluding carboxylic acids is 1. The number of nitrogens with zero attached hydrogens (tertiary/aromatic N) is 1. The zero-order valence-corrected chi connectivity index (χ0v) is 17.6. The summed E-state index contributed by atoms with van der Waals surface area (Å²) in [7, 11) is 0. The second-order valence-electron chi connectivity index (χ2n) is 7.93. The van der Waals surface area contributed by atoms with Crippen LogP contribution in [-0.2, 0) is 4.79 Å². The molecule has 3 N–H and O–H groups in total. The number of halogens is 3. The van der Waals surface area contributed by atoms with Crippen LogP contribution in [0.5, 0.6) is 5.75 Å². The average molecular weight is 446 g/mol. The van der Waals surface area contributed by atoms with E-state index < -0.39 is 6.36 Å². The molecule has 1 aliphatic heterocycles. The molecule has 2 aliphatic rings.